The average molecular weight is 367 g/mol. The number of hydrogen-bond donors (Lipinski definition) is 2. The Morgan fingerprint density at radius 1 is 1.38 bits per heavy atom. The van der Waals surface area contributed by atoms with Crippen LogP contribution in [0.1, 0.15) is 34.1 Å². The van der Waals surface area contributed by atoms with Gasteiger partial charge in [0.2, 0.25) is 0 Å². The number of nitrogens with zero attached hydrogens (tertiary/aromatic N) is 1. The van der Waals surface area contributed by atoms with Crippen LogP contribution in [0.4, 0.5) is 20.6 Å². The maximum Gasteiger partial charge on any atom is 0.411 e. The summed E-state index contributed by atoms with van der Waals surface area (Å²) in [5.74, 6) is -1.45. The molecule has 1 aliphatic heterocycles. The summed E-state index contributed by atoms with van der Waals surface area (Å²) in [6.07, 6.45) is -0.844. The van der Waals surface area contributed by atoms with E-state index in [0.717, 1.165) is 0 Å². The zero-order chi connectivity index (χ0) is 19.5. The number of carbonyl (C=O) groups is 2. The maximum absolute atomic E-state index is 14.5. The van der Waals surface area contributed by atoms with Gasteiger partial charge in [0, 0.05) is 12.2 Å². The Morgan fingerprint density at radius 3 is 2.65 bits per heavy atom. The number of hydrogen-bond acceptors (Lipinski definition) is 6. The second-order valence-electron chi connectivity index (χ2n) is 7.12. The molecule has 1 aromatic rings. The normalized spacial score (nSPS) is 20.0. The molecule has 1 unspecified atom stereocenters. The highest BCUT2D eigenvalue weighted by Crippen LogP contribution is 2.32. The van der Waals surface area contributed by atoms with Gasteiger partial charge in [-0.15, -0.1) is 0 Å². The Morgan fingerprint density at radius 2 is 2.08 bits per heavy atom. The monoisotopic (exact) mass is 367 g/mol. The minimum absolute atomic E-state index is 0.223. The van der Waals surface area contributed by atoms with E-state index in [1.165, 1.54) is 12.1 Å². The fourth-order valence-corrected chi connectivity index (χ4v) is 2.83. The van der Waals surface area contributed by atoms with Crippen LogP contribution < -0.4 is 16.0 Å². The molecule has 2 rings (SSSR count). The summed E-state index contributed by atoms with van der Waals surface area (Å²) in [5, 5.41) is 2.44. The van der Waals surface area contributed by atoms with Crippen molar-refractivity contribution in [2.75, 3.05) is 23.4 Å². The molecule has 1 amide bonds. The molecule has 144 valence electrons. The molecular weight excluding hydrogens is 341 g/mol. The van der Waals surface area contributed by atoms with Crippen LogP contribution in [0.5, 0.6) is 0 Å². The Kier molecular flexibility index (Phi) is 6.07. The topological polar surface area (TPSA) is 93.9 Å². The van der Waals surface area contributed by atoms with Crippen LogP contribution in [0.25, 0.3) is 0 Å². The second-order valence-corrected chi connectivity index (χ2v) is 7.12. The first kappa shape index (κ1) is 20.0. The molecule has 1 saturated heterocycles. The van der Waals surface area contributed by atoms with Gasteiger partial charge in [0.05, 0.1) is 24.4 Å². The number of ether oxygens (including phenoxy) is 2. The van der Waals surface area contributed by atoms with E-state index in [2.05, 4.69) is 5.32 Å². The van der Waals surface area contributed by atoms with E-state index in [-0.39, 0.29) is 24.0 Å². The summed E-state index contributed by atoms with van der Waals surface area (Å²) < 4.78 is 24.7. The minimum Gasteiger partial charge on any atom is -0.460 e. The van der Waals surface area contributed by atoms with Crippen LogP contribution in [0.2, 0.25) is 0 Å². The van der Waals surface area contributed by atoms with Crippen LogP contribution in [0, 0.1) is 11.7 Å². The van der Waals surface area contributed by atoms with Gasteiger partial charge >= 0.3 is 12.1 Å². The number of esters is 1. The first-order chi connectivity index (χ1) is 12.1. The van der Waals surface area contributed by atoms with Crippen molar-refractivity contribution < 1.29 is 23.5 Å². The van der Waals surface area contributed by atoms with E-state index in [1.807, 2.05) is 0 Å². The third kappa shape index (κ3) is 4.85. The van der Waals surface area contributed by atoms with Gasteiger partial charge in [0.25, 0.3) is 0 Å². The number of nitrogens with two attached hydrogens (primary N) is 1. The van der Waals surface area contributed by atoms with E-state index in [0.29, 0.717) is 13.0 Å². The maximum atomic E-state index is 14.5. The van der Waals surface area contributed by atoms with Gasteiger partial charge in [0.1, 0.15) is 11.4 Å². The fraction of sp³-hybridized carbons (Fsp3) is 0.556. The SMILES string of the molecule is CCOC(=O)Nc1ccc(N2CCC(C(=O)OC(C)(C)C)[C@@H]2N)c(F)c1. The summed E-state index contributed by atoms with van der Waals surface area (Å²) in [6.45, 7) is 7.71. The van der Waals surface area contributed by atoms with Crippen molar-refractivity contribution in [3.63, 3.8) is 0 Å². The molecule has 0 aliphatic carbocycles. The zero-order valence-corrected chi connectivity index (χ0v) is 15.5. The molecule has 1 aromatic carbocycles. The quantitative estimate of drug-likeness (QED) is 0.795. The molecule has 1 aliphatic rings. The number of carbonyl (C=O) groups excluding carboxylic acids is 2. The standard InChI is InChI=1S/C18H26FN3O4/c1-5-25-17(24)21-11-6-7-14(13(19)10-11)22-9-8-12(15(22)20)16(23)26-18(2,3)4/h6-7,10,12,15H,5,8-9,20H2,1-4H3,(H,21,24)/t12?,15-/m1/s1. The van der Waals surface area contributed by atoms with Gasteiger partial charge in [-0.25, -0.2) is 9.18 Å². The smallest absolute Gasteiger partial charge is 0.411 e. The van der Waals surface area contributed by atoms with Crippen LogP contribution in [0.15, 0.2) is 18.2 Å². The van der Waals surface area contributed by atoms with E-state index < -0.39 is 29.6 Å². The summed E-state index contributed by atoms with van der Waals surface area (Å²) in [4.78, 5) is 25.3. The van der Waals surface area contributed by atoms with Crippen molar-refractivity contribution in [1.29, 1.82) is 0 Å². The Bertz CT molecular complexity index is 675. The van der Waals surface area contributed by atoms with Crippen molar-refractivity contribution in [3.05, 3.63) is 24.0 Å². The molecular formula is C18H26FN3O4. The highest BCUT2D eigenvalue weighted by molar-refractivity contribution is 5.85. The van der Waals surface area contributed by atoms with Crippen molar-refractivity contribution in [1.82, 2.24) is 0 Å². The lowest BCUT2D eigenvalue weighted by atomic mass is 10.1. The average Bonchev–Trinajstić information content (AvgIpc) is 2.87. The predicted octanol–water partition coefficient (Wildman–Crippen LogP) is 2.85. The van der Waals surface area contributed by atoms with Crippen molar-refractivity contribution >= 4 is 23.4 Å². The zero-order valence-electron chi connectivity index (χ0n) is 15.5. The van der Waals surface area contributed by atoms with E-state index in [1.54, 1.807) is 38.7 Å². The van der Waals surface area contributed by atoms with Crippen LogP contribution in [-0.2, 0) is 14.3 Å². The van der Waals surface area contributed by atoms with Crippen LogP contribution in [0.3, 0.4) is 0 Å². The molecule has 0 radical (unpaired) electrons. The molecule has 8 heteroatoms. The number of anilines is 2. The van der Waals surface area contributed by atoms with E-state index in [4.69, 9.17) is 15.2 Å². The molecule has 7 nitrogen and oxygen atoms in total. The third-order valence-electron chi connectivity index (χ3n) is 3.94. The fourth-order valence-electron chi connectivity index (χ4n) is 2.83. The van der Waals surface area contributed by atoms with E-state index in [9.17, 15) is 14.0 Å². The van der Waals surface area contributed by atoms with Crippen LogP contribution >= 0.6 is 0 Å². The lowest BCUT2D eigenvalue weighted by molar-refractivity contribution is -0.160. The summed E-state index contributed by atoms with van der Waals surface area (Å²) in [7, 11) is 0. The number of nitrogens with one attached hydrogen (secondary N) is 1. The molecule has 1 fully saturated rings. The van der Waals surface area contributed by atoms with Crippen molar-refractivity contribution in [2.45, 2.75) is 45.9 Å². The van der Waals surface area contributed by atoms with Crippen molar-refractivity contribution in [3.8, 4) is 0 Å². The van der Waals surface area contributed by atoms with Gasteiger partial charge in [-0.1, -0.05) is 0 Å². The highest BCUT2D eigenvalue weighted by Gasteiger charge is 2.39. The molecule has 2 atom stereocenters. The van der Waals surface area contributed by atoms with Gasteiger partial charge < -0.3 is 20.1 Å². The Hall–Kier alpha value is -2.35. The number of rotatable bonds is 4. The molecule has 0 aromatic heterocycles. The van der Waals surface area contributed by atoms with Gasteiger partial charge in [0.15, 0.2) is 0 Å². The third-order valence-corrected chi connectivity index (χ3v) is 3.94. The molecule has 26 heavy (non-hydrogen) atoms. The van der Waals surface area contributed by atoms with E-state index >= 15 is 0 Å². The molecule has 0 bridgehead atoms. The molecule has 1 heterocycles. The summed E-state index contributed by atoms with van der Waals surface area (Å²) >= 11 is 0. The van der Waals surface area contributed by atoms with Gasteiger partial charge in [-0.3, -0.25) is 10.1 Å². The van der Waals surface area contributed by atoms with Gasteiger partial charge in [-0.05, 0) is 52.3 Å². The second kappa shape index (κ2) is 7.90. The largest absolute Gasteiger partial charge is 0.460 e. The summed E-state index contributed by atoms with van der Waals surface area (Å²) in [6, 6.07) is 4.27. The Labute approximate surface area is 152 Å². The summed E-state index contributed by atoms with van der Waals surface area (Å²) in [5.41, 5.74) is 6.12. The first-order valence-electron chi connectivity index (χ1n) is 8.61. The number of amides is 1. The highest BCUT2D eigenvalue weighted by atomic mass is 19.1. The lowest BCUT2D eigenvalue weighted by Gasteiger charge is -2.28. The number of halogens is 1. The minimum atomic E-state index is -0.678. The molecule has 0 spiro atoms. The van der Waals surface area contributed by atoms with Crippen molar-refractivity contribution in [2.24, 2.45) is 11.7 Å². The van der Waals surface area contributed by atoms with Crippen LogP contribution in [-0.4, -0.2) is 37.0 Å². The van der Waals surface area contributed by atoms with Gasteiger partial charge in [-0.2, -0.15) is 0 Å². The number of benzene rings is 1. The molecule has 0 saturated carbocycles. The molecule has 3 N–H and O–H groups in total. The first-order valence-corrected chi connectivity index (χ1v) is 8.61. The predicted molar refractivity (Wildman–Crippen MR) is 96.3 cm³/mol. The Balaban J connectivity index is 2.09. The lowest BCUT2D eigenvalue weighted by Crippen LogP contribution is -2.44.